The molecule has 1 amide bonds. The fourth-order valence-electron chi connectivity index (χ4n) is 6.16. The van der Waals surface area contributed by atoms with Gasteiger partial charge in [0.2, 0.25) is 11.9 Å². The second kappa shape index (κ2) is 11.2. The molecule has 9 heteroatoms. The molecule has 0 bridgehead atoms. The van der Waals surface area contributed by atoms with Crippen molar-refractivity contribution in [3.63, 3.8) is 0 Å². The van der Waals surface area contributed by atoms with Gasteiger partial charge in [-0.1, -0.05) is 6.07 Å². The maximum absolute atomic E-state index is 14.8. The number of thiazole rings is 1. The minimum atomic E-state index is -0.374. The fourth-order valence-corrected chi connectivity index (χ4v) is 7.16. The molecule has 39 heavy (non-hydrogen) atoms. The van der Waals surface area contributed by atoms with Crippen LogP contribution in [0.4, 0.5) is 10.3 Å². The number of aryl methyl sites for hydroxylation is 2. The third-order valence-electron chi connectivity index (χ3n) is 8.49. The molecule has 2 aromatic heterocycles. The van der Waals surface area contributed by atoms with Gasteiger partial charge in [-0.15, -0.1) is 11.3 Å². The first kappa shape index (κ1) is 26.2. The van der Waals surface area contributed by atoms with E-state index in [0.29, 0.717) is 36.9 Å². The molecule has 3 aliphatic rings. The van der Waals surface area contributed by atoms with Crippen molar-refractivity contribution < 1.29 is 13.9 Å². The van der Waals surface area contributed by atoms with Crippen LogP contribution < -0.4 is 9.64 Å². The zero-order valence-corrected chi connectivity index (χ0v) is 23.6. The molecule has 0 unspecified atom stereocenters. The predicted molar refractivity (Wildman–Crippen MR) is 149 cm³/mol. The third-order valence-corrected chi connectivity index (χ3v) is 9.48. The van der Waals surface area contributed by atoms with Gasteiger partial charge in [0.05, 0.1) is 30.3 Å². The van der Waals surface area contributed by atoms with Crippen molar-refractivity contribution in [2.24, 2.45) is 17.8 Å². The summed E-state index contributed by atoms with van der Waals surface area (Å²) in [6, 6.07) is 4.91. The number of aromatic nitrogens is 3. The van der Waals surface area contributed by atoms with Crippen LogP contribution in [0.25, 0.3) is 0 Å². The minimum absolute atomic E-state index is 0.0451. The van der Waals surface area contributed by atoms with Gasteiger partial charge in [-0.3, -0.25) is 4.79 Å². The summed E-state index contributed by atoms with van der Waals surface area (Å²) in [5.74, 6) is 3.20. The molecule has 1 aromatic carbocycles. The van der Waals surface area contributed by atoms with Crippen LogP contribution >= 0.6 is 11.3 Å². The molecule has 206 valence electrons. The molecule has 2 aliphatic heterocycles. The number of rotatable bonds is 8. The topological polar surface area (TPSA) is 71.5 Å². The Hall–Kier alpha value is -3.07. The number of benzene rings is 1. The first-order chi connectivity index (χ1) is 18.9. The number of hydrogen-bond donors (Lipinski definition) is 0. The summed E-state index contributed by atoms with van der Waals surface area (Å²) in [6.45, 7) is 7.85. The summed E-state index contributed by atoms with van der Waals surface area (Å²) in [5.41, 5.74) is 2.61. The second-order valence-corrected chi connectivity index (χ2v) is 12.6. The van der Waals surface area contributed by atoms with Crippen molar-refractivity contribution in [1.29, 1.82) is 0 Å². The van der Waals surface area contributed by atoms with Crippen molar-refractivity contribution in [3.05, 3.63) is 63.1 Å². The number of hydrogen-bond acceptors (Lipinski definition) is 7. The van der Waals surface area contributed by atoms with Gasteiger partial charge in [-0.2, -0.15) is 0 Å². The molecule has 4 heterocycles. The monoisotopic (exact) mass is 549 g/mol. The number of ether oxygens (including phenoxy) is 1. The van der Waals surface area contributed by atoms with Crippen molar-refractivity contribution in [1.82, 2.24) is 19.9 Å². The zero-order valence-electron chi connectivity index (χ0n) is 22.7. The molecule has 2 atom stereocenters. The molecule has 6 rings (SSSR count). The first-order valence-electron chi connectivity index (χ1n) is 14.1. The SMILES string of the molecule is Cc1cnc(N2CCC([C@H]3C[C@H]3CCOc3ccc(CC(=O)N4CCc5nc(C)sc5C4)c(F)c3)CC2)nc1. The van der Waals surface area contributed by atoms with Gasteiger partial charge in [-0.25, -0.2) is 19.3 Å². The number of amides is 1. The van der Waals surface area contributed by atoms with Crippen molar-refractivity contribution in [2.75, 3.05) is 31.1 Å². The average molecular weight is 550 g/mol. The molecular weight excluding hydrogens is 513 g/mol. The van der Waals surface area contributed by atoms with E-state index in [2.05, 4.69) is 19.9 Å². The van der Waals surface area contributed by atoms with Crippen molar-refractivity contribution >= 4 is 23.2 Å². The Balaban J connectivity index is 0.924. The average Bonchev–Trinajstić information content (AvgIpc) is 3.61. The van der Waals surface area contributed by atoms with Gasteiger partial charge < -0.3 is 14.5 Å². The molecule has 0 N–H and O–H groups in total. The summed E-state index contributed by atoms with van der Waals surface area (Å²) in [4.78, 5) is 31.6. The number of anilines is 1. The predicted octanol–water partition coefficient (Wildman–Crippen LogP) is 5.14. The first-order valence-corrected chi connectivity index (χ1v) is 14.9. The van der Waals surface area contributed by atoms with Gasteiger partial charge in [0.25, 0.3) is 0 Å². The Morgan fingerprint density at radius 1 is 1.15 bits per heavy atom. The van der Waals surface area contributed by atoms with Gasteiger partial charge >= 0.3 is 0 Å². The molecule has 1 saturated carbocycles. The summed E-state index contributed by atoms with van der Waals surface area (Å²) < 4.78 is 20.7. The fraction of sp³-hybridized carbons (Fsp3) is 0.533. The van der Waals surface area contributed by atoms with Crippen molar-refractivity contribution in [3.8, 4) is 5.75 Å². The molecule has 0 spiro atoms. The van der Waals surface area contributed by atoms with E-state index in [0.717, 1.165) is 64.9 Å². The summed E-state index contributed by atoms with van der Waals surface area (Å²) in [6.07, 6.45) is 9.25. The largest absolute Gasteiger partial charge is 0.493 e. The minimum Gasteiger partial charge on any atom is -0.493 e. The Morgan fingerprint density at radius 2 is 1.95 bits per heavy atom. The van der Waals surface area contributed by atoms with Crippen LogP contribution in [0.15, 0.2) is 30.6 Å². The zero-order chi connectivity index (χ0) is 26.9. The summed E-state index contributed by atoms with van der Waals surface area (Å²) in [7, 11) is 0. The number of nitrogens with zero attached hydrogens (tertiary/aromatic N) is 5. The van der Waals surface area contributed by atoms with Gasteiger partial charge in [0, 0.05) is 49.4 Å². The maximum atomic E-state index is 14.8. The molecule has 3 aromatic rings. The lowest BCUT2D eigenvalue weighted by atomic mass is 9.90. The van der Waals surface area contributed by atoms with E-state index < -0.39 is 0 Å². The Labute approximate surface area is 233 Å². The Morgan fingerprint density at radius 3 is 2.72 bits per heavy atom. The number of fused-ring (bicyclic) bond motifs is 1. The second-order valence-electron chi connectivity index (χ2n) is 11.3. The highest BCUT2D eigenvalue weighted by Crippen LogP contribution is 2.49. The molecule has 0 radical (unpaired) electrons. The summed E-state index contributed by atoms with van der Waals surface area (Å²) >= 11 is 1.64. The van der Waals surface area contributed by atoms with Crippen LogP contribution in [0.2, 0.25) is 0 Å². The van der Waals surface area contributed by atoms with Gasteiger partial charge in [-0.05, 0) is 74.5 Å². The molecule has 7 nitrogen and oxygen atoms in total. The number of piperidine rings is 1. The number of carbonyl (C=O) groups excluding carboxylic acids is 1. The highest BCUT2D eigenvalue weighted by molar-refractivity contribution is 7.11. The van der Waals surface area contributed by atoms with Crippen LogP contribution in [0, 0.1) is 37.4 Å². The van der Waals surface area contributed by atoms with Gasteiger partial charge in [0.15, 0.2) is 0 Å². The molecule has 1 aliphatic carbocycles. The van der Waals surface area contributed by atoms with Crippen molar-refractivity contribution in [2.45, 2.75) is 58.9 Å². The maximum Gasteiger partial charge on any atom is 0.227 e. The van der Waals surface area contributed by atoms with Crippen LogP contribution in [0.1, 0.15) is 52.4 Å². The number of halogens is 1. The van der Waals surface area contributed by atoms with Crippen LogP contribution in [-0.2, 0) is 24.2 Å². The van der Waals surface area contributed by atoms with E-state index in [1.165, 1.54) is 25.3 Å². The Bertz CT molecular complexity index is 1320. The lowest BCUT2D eigenvalue weighted by Gasteiger charge is -2.32. The molecule has 2 fully saturated rings. The smallest absolute Gasteiger partial charge is 0.227 e. The van der Waals surface area contributed by atoms with E-state index >= 15 is 0 Å². The highest BCUT2D eigenvalue weighted by atomic mass is 32.1. The normalized spacial score (nSPS) is 21.1. The van der Waals surface area contributed by atoms with E-state index in [4.69, 9.17) is 4.74 Å². The quantitative estimate of drug-likeness (QED) is 0.388. The number of carbonyl (C=O) groups is 1. The lowest BCUT2D eigenvalue weighted by Crippen LogP contribution is -2.36. The van der Waals surface area contributed by atoms with E-state index in [9.17, 15) is 9.18 Å². The van der Waals surface area contributed by atoms with E-state index in [1.807, 2.05) is 31.1 Å². The van der Waals surface area contributed by atoms with E-state index in [1.54, 1.807) is 23.5 Å². The standard InChI is InChI=1S/C30H36FN5O2S/c1-19-16-32-30(33-17-19)35-9-5-21(6-10-35)25-13-22(25)8-12-38-24-4-3-23(26(31)15-24)14-29(37)36-11-7-27-28(18-36)39-20(2)34-27/h3-4,15-17,21-22,25H,5-14,18H2,1-2H3/t22-,25-/m1/s1. The van der Waals surface area contributed by atoms with Gasteiger partial charge in [0.1, 0.15) is 11.6 Å². The van der Waals surface area contributed by atoms with E-state index in [-0.39, 0.29) is 18.1 Å². The lowest BCUT2D eigenvalue weighted by molar-refractivity contribution is -0.131. The summed E-state index contributed by atoms with van der Waals surface area (Å²) in [5, 5.41) is 1.03. The third kappa shape index (κ3) is 6.08. The Kier molecular flexibility index (Phi) is 7.51. The van der Waals surface area contributed by atoms with Crippen LogP contribution in [0.3, 0.4) is 0 Å². The molecular formula is C30H36FN5O2S. The van der Waals surface area contributed by atoms with Crippen LogP contribution in [0.5, 0.6) is 5.75 Å². The highest BCUT2D eigenvalue weighted by Gasteiger charge is 2.43. The molecule has 1 saturated heterocycles. The van der Waals surface area contributed by atoms with Crippen LogP contribution in [-0.4, -0.2) is 52.0 Å².